The van der Waals surface area contributed by atoms with E-state index in [1.54, 1.807) is 18.5 Å². The number of rotatable bonds is 3. The summed E-state index contributed by atoms with van der Waals surface area (Å²) in [7, 11) is 0. The third-order valence-electron chi connectivity index (χ3n) is 3.62. The van der Waals surface area contributed by atoms with Gasteiger partial charge in [-0.1, -0.05) is 36.4 Å². The van der Waals surface area contributed by atoms with E-state index in [1.807, 2.05) is 48.5 Å². The van der Waals surface area contributed by atoms with Crippen LogP contribution in [0.25, 0.3) is 34.3 Å². The molecule has 25 heavy (non-hydrogen) atoms. The lowest BCUT2D eigenvalue weighted by Gasteiger charge is -2.03. The van der Waals surface area contributed by atoms with Gasteiger partial charge in [0.25, 0.3) is 5.89 Å². The summed E-state index contributed by atoms with van der Waals surface area (Å²) in [5.74, 6) is 0.697. The molecule has 0 atom stereocenters. The zero-order valence-corrected chi connectivity index (χ0v) is 13.0. The molecule has 0 N–H and O–H groups in total. The molecule has 0 radical (unpaired) electrons. The summed E-state index contributed by atoms with van der Waals surface area (Å²) in [4.78, 5) is 8.71. The Morgan fingerprint density at radius 2 is 1.52 bits per heavy atom. The summed E-state index contributed by atoms with van der Waals surface area (Å²) < 4.78 is 5.71. The Morgan fingerprint density at radius 1 is 0.800 bits per heavy atom. The molecule has 0 saturated carbocycles. The number of hydrogen-bond donors (Lipinski definition) is 0. The van der Waals surface area contributed by atoms with Crippen molar-refractivity contribution >= 4 is 0 Å². The van der Waals surface area contributed by atoms with Crippen LogP contribution < -0.4 is 0 Å². The lowest BCUT2D eigenvalue weighted by atomic mass is 10.1. The molecule has 0 fully saturated rings. The van der Waals surface area contributed by atoms with Gasteiger partial charge in [-0.3, -0.25) is 4.98 Å². The van der Waals surface area contributed by atoms with E-state index in [0.717, 1.165) is 5.56 Å². The van der Waals surface area contributed by atoms with E-state index < -0.39 is 0 Å². The Kier molecular flexibility index (Phi) is 3.73. The van der Waals surface area contributed by atoms with Crippen molar-refractivity contribution in [2.45, 2.75) is 0 Å². The Balaban J connectivity index is 1.74. The van der Waals surface area contributed by atoms with Crippen molar-refractivity contribution in [3.8, 4) is 40.4 Å². The van der Waals surface area contributed by atoms with Crippen LogP contribution in [0.15, 0.2) is 71.4 Å². The quantitative estimate of drug-likeness (QED) is 0.570. The molecule has 2 aromatic carbocycles. The maximum absolute atomic E-state index is 9.26. The normalized spacial score (nSPS) is 10.4. The van der Waals surface area contributed by atoms with Gasteiger partial charge in [-0.15, -0.1) is 10.2 Å². The highest BCUT2D eigenvalue weighted by Crippen LogP contribution is 2.25. The largest absolute Gasteiger partial charge is 0.415 e. The fraction of sp³-hybridized carbons (Fsp3) is 0. The van der Waals surface area contributed by atoms with Gasteiger partial charge in [0, 0.05) is 11.1 Å². The molecule has 6 nitrogen and oxygen atoms in total. The molecule has 6 heteroatoms. The van der Waals surface area contributed by atoms with Gasteiger partial charge in [-0.2, -0.15) is 5.26 Å². The molecule has 4 rings (SSSR count). The van der Waals surface area contributed by atoms with Gasteiger partial charge in [-0.25, -0.2) is 4.98 Å². The van der Waals surface area contributed by atoms with Gasteiger partial charge in [0.2, 0.25) is 5.89 Å². The summed E-state index contributed by atoms with van der Waals surface area (Å²) in [6.45, 7) is 0. The van der Waals surface area contributed by atoms with Crippen molar-refractivity contribution in [3.05, 3.63) is 72.6 Å². The minimum Gasteiger partial charge on any atom is -0.415 e. The average molecular weight is 325 g/mol. The smallest absolute Gasteiger partial charge is 0.268 e. The number of hydrogen-bond acceptors (Lipinski definition) is 6. The summed E-state index contributed by atoms with van der Waals surface area (Å²) in [6.07, 6.45) is 3.16. The molecule has 0 amide bonds. The molecular formula is C19H11N5O. The zero-order chi connectivity index (χ0) is 17.1. The fourth-order valence-corrected chi connectivity index (χ4v) is 2.43. The molecule has 0 aliphatic heterocycles. The second-order valence-corrected chi connectivity index (χ2v) is 5.23. The Hall–Kier alpha value is -3.85. The van der Waals surface area contributed by atoms with E-state index in [-0.39, 0.29) is 5.89 Å². The van der Waals surface area contributed by atoms with Gasteiger partial charge in [-0.05, 0) is 18.2 Å². The van der Waals surface area contributed by atoms with E-state index in [0.29, 0.717) is 28.4 Å². The van der Waals surface area contributed by atoms with E-state index in [9.17, 15) is 5.26 Å². The molecule has 118 valence electrons. The topological polar surface area (TPSA) is 88.5 Å². The molecule has 0 aliphatic rings. The number of aromatic nitrogens is 4. The van der Waals surface area contributed by atoms with Crippen molar-refractivity contribution in [2.24, 2.45) is 0 Å². The van der Waals surface area contributed by atoms with Gasteiger partial charge >= 0.3 is 0 Å². The van der Waals surface area contributed by atoms with Crippen molar-refractivity contribution in [1.29, 1.82) is 5.26 Å². The van der Waals surface area contributed by atoms with Crippen LogP contribution >= 0.6 is 0 Å². The molecule has 0 aliphatic carbocycles. The second kappa shape index (κ2) is 6.34. The van der Waals surface area contributed by atoms with Crippen molar-refractivity contribution in [3.63, 3.8) is 0 Å². The number of benzene rings is 2. The summed E-state index contributed by atoms with van der Waals surface area (Å²) in [5, 5.41) is 17.4. The minimum absolute atomic E-state index is 0.280. The second-order valence-electron chi connectivity index (χ2n) is 5.23. The van der Waals surface area contributed by atoms with Crippen LogP contribution in [0.1, 0.15) is 5.56 Å². The number of nitrogens with zero attached hydrogens (tertiary/aromatic N) is 5. The first-order valence-corrected chi connectivity index (χ1v) is 7.56. The van der Waals surface area contributed by atoms with Gasteiger partial charge < -0.3 is 4.42 Å². The number of nitriles is 1. The maximum Gasteiger partial charge on any atom is 0.268 e. The van der Waals surface area contributed by atoms with Crippen LogP contribution in [0.2, 0.25) is 0 Å². The fourth-order valence-electron chi connectivity index (χ4n) is 2.43. The van der Waals surface area contributed by atoms with E-state index in [2.05, 4.69) is 26.2 Å². The van der Waals surface area contributed by atoms with Crippen LogP contribution in [-0.4, -0.2) is 20.2 Å². The van der Waals surface area contributed by atoms with Gasteiger partial charge in [0.1, 0.15) is 5.69 Å². The van der Waals surface area contributed by atoms with Crippen LogP contribution in [0, 0.1) is 11.3 Å². The molecule has 0 bridgehead atoms. The Bertz CT molecular complexity index is 1070. The third-order valence-corrected chi connectivity index (χ3v) is 3.62. The van der Waals surface area contributed by atoms with Crippen molar-refractivity contribution in [1.82, 2.24) is 20.2 Å². The molecule has 4 aromatic rings. The predicted octanol–water partition coefficient (Wildman–Crippen LogP) is 3.73. The minimum atomic E-state index is 0.280. The van der Waals surface area contributed by atoms with Crippen LogP contribution in [0.4, 0.5) is 0 Å². The summed E-state index contributed by atoms with van der Waals surface area (Å²) in [6, 6.07) is 18.9. The first kappa shape index (κ1) is 14.7. The molecule has 0 unspecified atom stereocenters. The van der Waals surface area contributed by atoms with E-state index in [4.69, 9.17) is 4.42 Å². The maximum atomic E-state index is 9.26. The monoisotopic (exact) mass is 325 g/mol. The average Bonchev–Trinajstić information content (AvgIpc) is 3.19. The van der Waals surface area contributed by atoms with Gasteiger partial charge in [0.15, 0.2) is 0 Å². The zero-order valence-electron chi connectivity index (χ0n) is 13.0. The van der Waals surface area contributed by atoms with Crippen molar-refractivity contribution in [2.75, 3.05) is 0 Å². The summed E-state index contributed by atoms with van der Waals surface area (Å²) in [5.41, 5.74) is 3.11. The first-order chi connectivity index (χ1) is 12.3. The van der Waals surface area contributed by atoms with E-state index in [1.165, 1.54) is 0 Å². The van der Waals surface area contributed by atoms with Gasteiger partial charge in [0.05, 0.1) is 29.7 Å². The molecule has 0 saturated heterocycles. The van der Waals surface area contributed by atoms with Crippen LogP contribution in [0.3, 0.4) is 0 Å². The highest BCUT2D eigenvalue weighted by molar-refractivity contribution is 5.68. The Morgan fingerprint density at radius 3 is 2.36 bits per heavy atom. The predicted molar refractivity (Wildman–Crippen MR) is 90.9 cm³/mol. The van der Waals surface area contributed by atoms with E-state index >= 15 is 0 Å². The molecule has 2 aromatic heterocycles. The summed E-state index contributed by atoms with van der Waals surface area (Å²) >= 11 is 0. The molecule has 0 spiro atoms. The SMILES string of the molecule is N#Cc1ccccc1-c1cncc(-c2nnc(-c3ccccc3)o2)n1. The lowest BCUT2D eigenvalue weighted by molar-refractivity contribution is 0.582. The molecule has 2 heterocycles. The lowest BCUT2D eigenvalue weighted by Crippen LogP contribution is -1.92. The molecular weight excluding hydrogens is 314 g/mol. The van der Waals surface area contributed by atoms with Crippen molar-refractivity contribution < 1.29 is 4.42 Å². The van der Waals surface area contributed by atoms with Crippen LogP contribution in [-0.2, 0) is 0 Å². The Labute approximate surface area is 143 Å². The highest BCUT2D eigenvalue weighted by Gasteiger charge is 2.14. The standard InChI is InChI=1S/C19H11N5O/c20-10-14-8-4-5-9-15(14)16-11-21-12-17(22-16)19-24-23-18(25-19)13-6-2-1-3-7-13/h1-9,11-12H. The third kappa shape index (κ3) is 2.86. The first-order valence-electron chi connectivity index (χ1n) is 7.56. The van der Waals surface area contributed by atoms with Crippen LogP contribution in [0.5, 0.6) is 0 Å². The highest BCUT2D eigenvalue weighted by atomic mass is 16.4.